The standard InChI is InChI=1S/C10H23N.C3H9O4P/c1-4-5-6-7-8-9-10(2,3)11;1-5-8(4,6-2)7-3/h4-9,11H2,1-3H3;1-3H3. The second-order valence-electron chi connectivity index (χ2n) is 5.15. The van der Waals surface area contributed by atoms with Gasteiger partial charge in [-0.1, -0.05) is 39.0 Å². The van der Waals surface area contributed by atoms with E-state index in [-0.39, 0.29) is 5.54 Å². The second kappa shape index (κ2) is 11.9. The fraction of sp³-hybridized carbons (Fsp3) is 1.00. The molecule has 6 heteroatoms. The molecule has 0 aromatic carbocycles. The van der Waals surface area contributed by atoms with E-state index in [9.17, 15) is 4.57 Å². The van der Waals surface area contributed by atoms with E-state index < -0.39 is 7.82 Å². The molecule has 0 amide bonds. The lowest BCUT2D eigenvalue weighted by atomic mass is 9.98. The predicted molar refractivity (Wildman–Crippen MR) is 80.3 cm³/mol. The Hall–Kier alpha value is 0.0700. The fourth-order valence-electron chi connectivity index (χ4n) is 1.41. The Morgan fingerprint density at radius 2 is 1.37 bits per heavy atom. The lowest BCUT2D eigenvalue weighted by Gasteiger charge is -2.17. The summed E-state index contributed by atoms with van der Waals surface area (Å²) < 4.78 is 23.7. The summed E-state index contributed by atoms with van der Waals surface area (Å²) >= 11 is 0. The van der Waals surface area contributed by atoms with Crippen LogP contribution in [0.4, 0.5) is 0 Å². The molecule has 0 unspecified atom stereocenters. The zero-order chi connectivity index (χ0) is 15.4. The first-order valence-electron chi connectivity index (χ1n) is 6.80. The van der Waals surface area contributed by atoms with Gasteiger partial charge in [-0.3, -0.25) is 13.6 Å². The largest absolute Gasteiger partial charge is 0.473 e. The van der Waals surface area contributed by atoms with E-state index in [0.717, 1.165) is 6.42 Å². The van der Waals surface area contributed by atoms with Crippen molar-refractivity contribution >= 4 is 7.82 Å². The summed E-state index contributed by atoms with van der Waals surface area (Å²) in [6, 6.07) is 0. The lowest BCUT2D eigenvalue weighted by Crippen LogP contribution is -2.31. The molecule has 5 nitrogen and oxygen atoms in total. The van der Waals surface area contributed by atoms with Gasteiger partial charge in [-0.2, -0.15) is 0 Å². The highest BCUT2D eigenvalue weighted by Gasteiger charge is 2.18. The molecule has 0 bridgehead atoms. The van der Waals surface area contributed by atoms with E-state index in [1.54, 1.807) is 0 Å². The van der Waals surface area contributed by atoms with Gasteiger partial charge >= 0.3 is 7.82 Å². The first kappa shape index (κ1) is 21.4. The highest BCUT2D eigenvalue weighted by atomic mass is 31.2. The molecule has 0 aliphatic heterocycles. The molecule has 0 atom stereocenters. The first-order valence-corrected chi connectivity index (χ1v) is 8.26. The summed E-state index contributed by atoms with van der Waals surface area (Å²) in [5.74, 6) is 0. The van der Waals surface area contributed by atoms with E-state index in [2.05, 4.69) is 34.3 Å². The molecule has 0 spiro atoms. The van der Waals surface area contributed by atoms with Crippen LogP contribution in [0.2, 0.25) is 0 Å². The van der Waals surface area contributed by atoms with E-state index in [1.165, 1.54) is 53.4 Å². The Bertz CT molecular complexity index is 222. The monoisotopic (exact) mass is 297 g/mol. The molecule has 0 aromatic heterocycles. The molecule has 0 aromatic rings. The fourth-order valence-corrected chi connectivity index (χ4v) is 1.85. The van der Waals surface area contributed by atoms with Crippen molar-refractivity contribution in [2.75, 3.05) is 21.3 Å². The molecule has 118 valence electrons. The maximum absolute atomic E-state index is 10.7. The smallest absolute Gasteiger partial charge is 0.326 e. The molecule has 2 N–H and O–H groups in total. The molecule has 0 saturated heterocycles. The van der Waals surface area contributed by atoms with E-state index in [1.807, 2.05) is 0 Å². The summed E-state index contributed by atoms with van der Waals surface area (Å²) in [4.78, 5) is 0. The number of hydrogen-bond donors (Lipinski definition) is 1. The Balaban J connectivity index is 0. The second-order valence-corrected chi connectivity index (χ2v) is 7.14. The zero-order valence-corrected chi connectivity index (χ0v) is 14.3. The minimum atomic E-state index is -3.16. The Labute approximate surface area is 118 Å². The van der Waals surface area contributed by atoms with Crippen LogP contribution in [-0.2, 0) is 18.1 Å². The number of unbranched alkanes of at least 4 members (excludes halogenated alkanes) is 4. The Kier molecular flexibility index (Phi) is 13.3. The highest BCUT2D eigenvalue weighted by molar-refractivity contribution is 7.48. The summed E-state index contributed by atoms with van der Waals surface area (Å²) in [7, 11) is 0.611. The number of rotatable bonds is 9. The van der Waals surface area contributed by atoms with Gasteiger partial charge in [0.15, 0.2) is 0 Å². The molecular formula is C13H32NO4P. The molecular weight excluding hydrogens is 265 g/mol. The van der Waals surface area contributed by atoms with Crippen molar-refractivity contribution in [3.05, 3.63) is 0 Å². The molecule has 0 saturated carbocycles. The van der Waals surface area contributed by atoms with Crippen LogP contribution in [-0.4, -0.2) is 26.9 Å². The quantitative estimate of drug-likeness (QED) is 0.512. The van der Waals surface area contributed by atoms with Gasteiger partial charge in [0.25, 0.3) is 0 Å². The maximum atomic E-state index is 10.7. The molecule has 0 heterocycles. The van der Waals surface area contributed by atoms with E-state index in [0.29, 0.717) is 0 Å². The minimum Gasteiger partial charge on any atom is -0.326 e. The SMILES string of the molecule is CCCCCCCC(C)(C)N.COP(=O)(OC)OC. The van der Waals surface area contributed by atoms with Gasteiger partial charge in [-0.15, -0.1) is 0 Å². The third kappa shape index (κ3) is 16.0. The third-order valence-electron chi connectivity index (χ3n) is 2.60. The average Bonchev–Trinajstić information content (AvgIpc) is 2.37. The molecule has 19 heavy (non-hydrogen) atoms. The van der Waals surface area contributed by atoms with Crippen LogP contribution < -0.4 is 5.73 Å². The molecule has 0 fully saturated rings. The summed E-state index contributed by atoms with van der Waals surface area (Å²) in [6.07, 6.45) is 7.90. The first-order chi connectivity index (χ1) is 8.74. The van der Waals surface area contributed by atoms with Crippen molar-refractivity contribution < 1.29 is 18.1 Å². The normalized spacial score (nSPS) is 11.9. The lowest BCUT2D eigenvalue weighted by molar-refractivity contribution is 0.178. The molecule has 0 rings (SSSR count). The van der Waals surface area contributed by atoms with Crippen LogP contribution in [0, 0.1) is 0 Å². The Morgan fingerprint density at radius 1 is 0.947 bits per heavy atom. The zero-order valence-electron chi connectivity index (χ0n) is 13.4. The maximum Gasteiger partial charge on any atom is 0.473 e. The van der Waals surface area contributed by atoms with Crippen molar-refractivity contribution in [3.63, 3.8) is 0 Å². The van der Waals surface area contributed by atoms with Crippen LogP contribution in [0.5, 0.6) is 0 Å². The van der Waals surface area contributed by atoms with Crippen LogP contribution in [0.1, 0.15) is 59.3 Å². The number of hydrogen-bond acceptors (Lipinski definition) is 5. The summed E-state index contributed by atoms with van der Waals surface area (Å²) in [6.45, 7) is 6.45. The van der Waals surface area contributed by atoms with Gasteiger partial charge in [-0.05, 0) is 20.3 Å². The van der Waals surface area contributed by atoms with Crippen molar-refractivity contribution in [3.8, 4) is 0 Å². The number of phosphoric acid groups is 1. The summed E-state index contributed by atoms with van der Waals surface area (Å²) in [5, 5.41) is 0. The van der Waals surface area contributed by atoms with Crippen LogP contribution in [0.3, 0.4) is 0 Å². The number of phosphoric ester groups is 1. The van der Waals surface area contributed by atoms with Gasteiger partial charge in [0, 0.05) is 26.9 Å². The van der Waals surface area contributed by atoms with Crippen LogP contribution >= 0.6 is 7.82 Å². The minimum absolute atomic E-state index is 0.0478. The molecule has 0 radical (unpaired) electrons. The van der Waals surface area contributed by atoms with Gasteiger partial charge in [0.1, 0.15) is 0 Å². The molecule has 0 aliphatic carbocycles. The van der Waals surface area contributed by atoms with Gasteiger partial charge in [0.2, 0.25) is 0 Å². The van der Waals surface area contributed by atoms with E-state index >= 15 is 0 Å². The number of nitrogens with two attached hydrogens (primary N) is 1. The van der Waals surface area contributed by atoms with E-state index in [4.69, 9.17) is 5.73 Å². The van der Waals surface area contributed by atoms with Gasteiger partial charge < -0.3 is 5.73 Å². The van der Waals surface area contributed by atoms with Gasteiger partial charge in [0.05, 0.1) is 0 Å². The highest BCUT2D eigenvalue weighted by Crippen LogP contribution is 2.46. The van der Waals surface area contributed by atoms with Crippen molar-refractivity contribution in [1.82, 2.24) is 0 Å². The van der Waals surface area contributed by atoms with Crippen molar-refractivity contribution in [2.24, 2.45) is 5.73 Å². The Morgan fingerprint density at radius 3 is 1.63 bits per heavy atom. The summed E-state index contributed by atoms with van der Waals surface area (Å²) in [5.41, 5.74) is 5.90. The average molecular weight is 297 g/mol. The third-order valence-corrected chi connectivity index (χ3v) is 3.94. The molecule has 0 aliphatic rings. The van der Waals surface area contributed by atoms with Gasteiger partial charge in [-0.25, -0.2) is 4.57 Å². The van der Waals surface area contributed by atoms with Crippen LogP contribution in [0.25, 0.3) is 0 Å². The topological polar surface area (TPSA) is 70.8 Å². The predicted octanol–water partition coefficient (Wildman–Crippen LogP) is 4.12. The van der Waals surface area contributed by atoms with Crippen LogP contribution in [0.15, 0.2) is 0 Å². The van der Waals surface area contributed by atoms with Crippen molar-refractivity contribution in [1.29, 1.82) is 0 Å². The van der Waals surface area contributed by atoms with Crippen molar-refractivity contribution in [2.45, 2.75) is 64.8 Å².